The molecule has 6 heteroatoms. The molecule has 0 bridgehead atoms. The zero-order valence-electron chi connectivity index (χ0n) is 8.37. The van der Waals surface area contributed by atoms with Gasteiger partial charge in [0.25, 0.3) is 0 Å². The number of carbonyl (C=O) groups is 2. The van der Waals surface area contributed by atoms with E-state index in [2.05, 4.69) is 26.6 Å². The van der Waals surface area contributed by atoms with Gasteiger partial charge in [0, 0.05) is 10.2 Å². The molecule has 0 saturated carbocycles. The van der Waals surface area contributed by atoms with Crippen molar-refractivity contribution in [2.75, 3.05) is 18.4 Å². The van der Waals surface area contributed by atoms with Gasteiger partial charge in [0.2, 0.25) is 5.91 Å². The van der Waals surface area contributed by atoms with Crippen LogP contribution in [-0.4, -0.2) is 30.1 Å². The summed E-state index contributed by atoms with van der Waals surface area (Å²) in [7, 11) is 0. The molecule has 3 N–H and O–H groups in total. The normalized spacial score (nSPS) is 9.81. The number of carboxylic acid groups (broad SMARTS) is 1. The van der Waals surface area contributed by atoms with E-state index in [9.17, 15) is 9.59 Å². The number of aliphatic carboxylic acids is 1. The molecule has 0 aliphatic rings. The van der Waals surface area contributed by atoms with Gasteiger partial charge in [-0.05, 0) is 18.2 Å². The van der Waals surface area contributed by atoms with Crippen LogP contribution in [0.4, 0.5) is 5.69 Å². The number of benzene rings is 1. The van der Waals surface area contributed by atoms with Gasteiger partial charge < -0.3 is 10.4 Å². The first kappa shape index (κ1) is 12.7. The van der Waals surface area contributed by atoms with Crippen molar-refractivity contribution in [2.45, 2.75) is 0 Å². The lowest BCUT2D eigenvalue weighted by Crippen LogP contribution is -2.31. The number of carboxylic acids is 1. The summed E-state index contributed by atoms with van der Waals surface area (Å²) in [6, 6.07) is 7.15. The summed E-state index contributed by atoms with van der Waals surface area (Å²) in [5.41, 5.74) is 0.663. The summed E-state index contributed by atoms with van der Waals surface area (Å²) in [4.78, 5) is 21.5. The molecule has 1 aromatic carbocycles. The minimum Gasteiger partial charge on any atom is -0.480 e. The van der Waals surface area contributed by atoms with Gasteiger partial charge in [-0.15, -0.1) is 0 Å². The molecule has 0 radical (unpaired) electrons. The van der Waals surface area contributed by atoms with Crippen LogP contribution in [0.5, 0.6) is 0 Å². The smallest absolute Gasteiger partial charge is 0.317 e. The Morgan fingerprint density at radius 3 is 2.69 bits per heavy atom. The van der Waals surface area contributed by atoms with Gasteiger partial charge >= 0.3 is 5.97 Å². The Hall–Kier alpha value is -1.40. The predicted octanol–water partition coefficient (Wildman–Crippen LogP) is 1.06. The number of amides is 1. The summed E-state index contributed by atoms with van der Waals surface area (Å²) in [5.74, 6) is -1.27. The molecule has 0 spiro atoms. The second kappa shape index (κ2) is 6.24. The molecule has 0 fully saturated rings. The van der Waals surface area contributed by atoms with E-state index in [4.69, 9.17) is 5.11 Å². The molecule has 5 nitrogen and oxygen atoms in total. The predicted molar refractivity (Wildman–Crippen MR) is 63.3 cm³/mol. The zero-order chi connectivity index (χ0) is 12.0. The highest BCUT2D eigenvalue weighted by Gasteiger charge is 2.03. The Kier molecular flexibility index (Phi) is 4.94. The van der Waals surface area contributed by atoms with E-state index in [0.717, 1.165) is 4.47 Å². The Morgan fingerprint density at radius 1 is 1.31 bits per heavy atom. The lowest BCUT2D eigenvalue weighted by Gasteiger charge is -2.05. The van der Waals surface area contributed by atoms with E-state index < -0.39 is 5.97 Å². The Bertz CT molecular complexity index is 395. The summed E-state index contributed by atoms with van der Waals surface area (Å²) in [6.07, 6.45) is 0. The monoisotopic (exact) mass is 286 g/mol. The zero-order valence-corrected chi connectivity index (χ0v) is 9.95. The fourth-order valence-electron chi connectivity index (χ4n) is 1.05. The highest BCUT2D eigenvalue weighted by atomic mass is 79.9. The van der Waals surface area contributed by atoms with Crippen LogP contribution in [0.25, 0.3) is 0 Å². The molecule has 0 aliphatic heterocycles. The maximum atomic E-state index is 11.3. The molecule has 1 aromatic rings. The van der Waals surface area contributed by atoms with Gasteiger partial charge in [0.1, 0.15) is 0 Å². The molecule has 86 valence electrons. The van der Waals surface area contributed by atoms with Gasteiger partial charge in [0.15, 0.2) is 0 Å². The number of hydrogen-bond donors (Lipinski definition) is 3. The van der Waals surface area contributed by atoms with Crippen molar-refractivity contribution < 1.29 is 14.7 Å². The summed E-state index contributed by atoms with van der Waals surface area (Å²) >= 11 is 3.28. The van der Waals surface area contributed by atoms with Gasteiger partial charge in [-0.3, -0.25) is 14.9 Å². The molecule has 1 rings (SSSR count). The highest BCUT2D eigenvalue weighted by molar-refractivity contribution is 9.10. The average molecular weight is 287 g/mol. The van der Waals surface area contributed by atoms with E-state index in [1.54, 1.807) is 18.2 Å². The fraction of sp³-hybridized carbons (Fsp3) is 0.200. The van der Waals surface area contributed by atoms with Crippen LogP contribution < -0.4 is 10.6 Å². The number of rotatable bonds is 5. The highest BCUT2D eigenvalue weighted by Crippen LogP contribution is 2.15. The lowest BCUT2D eigenvalue weighted by atomic mass is 10.3. The number of carbonyl (C=O) groups excluding carboxylic acids is 1. The van der Waals surface area contributed by atoms with Crippen LogP contribution in [-0.2, 0) is 9.59 Å². The van der Waals surface area contributed by atoms with Crippen LogP contribution in [0.3, 0.4) is 0 Å². The standard InChI is InChI=1S/C10H11BrN2O3/c11-7-2-1-3-8(4-7)13-9(14)5-12-6-10(15)16/h1-4,12H,5-6H2,(H,13,14)(H,15,16). The van der Waals surface area contributed by atoms with E-state index in [1.165, 1.54) is 0 Å². The van der Waals surface area contributed by atoms with Crippen molar-refractivity contribution in [1.29, 1.82) is 0 Å². The van der Waals surface area contributed by atoms with E-state index >= 15 is 0 Å². The quantitative estimate of drug-likeness (QED) is 0.756. The molecule has 0 atom stereocenters. The molecule has 0 saturated heterocycles. The lowest BCUT2D eigenvalue weighted by molar-refractivity contribution is -0.135. The van der Waals surface area contributed by atoms with Crippen LogP contribution >= 0.6 is 15.9 Å². The van der Waals surface area contributed by atoms with Crippen molar-refractivity contribution in [3.8, 4) is 0 Å². The molecular weight excluding hydrogens is 276 g/mol. The minimum absolute atomic E-state index is 0.0290. The molecule has 1 amide bonds. The topological polar surface area (TPSA) is 78.4 Å². The van der Waals surface area contributed by atoms with Gasteiger partial charge in [-0.2, -0.15) is 0 Å². The van der Waals surface area contributed by atoms with E-state index in [0.29, 0.717) is 5.69 Å². The van der Waals surface area contributed by atoms with Crippen LogP contribution in [0.1, 0.15) is 0 Å². The van der Waals surface area contributed by atoms with Crippen LogP contribution in [0.15, 0.2) is 28.7 Å². The van der Waals surface area contributed by atoms with Crippen molar-refractivity contribution in [2.24, 2.45) is 0 Å². The summed E-state index contributed by atoms with van der Waals surface area (Å²) in [6.45, 7) is -0.259. The van der Waals surface area contributed by atoms with E-state index in [-0.39, 0.29) is 19.0 Å². The van der Waals surface area contributed by atoms with Crippen molar-refractivity contribution in [3.63, 3.8) is 0 Å². The SMILES string of the molecule is O=C(O)CNCC(=O)Nc1cccc(Br)c1. The number of anilines is 1. The molecule has 16 heavy (non-hydrogen) atoms. The van der Waals surface area contributed by atoms with E-state index in [1.807, 2.05) is 6.07 Å². The number of nitrogens with one attached hydrogen (secondary N) is 2. The molecule has 0 aromatic heterocycles. The van der Waals surface area contributed by atoms with Crippen molar-refractivity contribution in [3.05, 3.63) is 28.7 Å². The molecule has 0 heterocycles. The first-order valence-corrected chi connectivity index (χ1v) is 5.35. The second-order valence-corrected chi connectivity index (χ2v) is 3.97. The van der Waals surface area contributed by atoms with Crippen molar-refractivity contribution >= 4 is 33.5 Å². The molecular formula is C10H11BrN2O3. The Labute approximate surface area is 101 Å². The maximum absolute atomic E-state index is 11.3. The fourth-order valence-corrected chi connectivity index (χ4v) is 1.45. The van der Waals surface area contributed by atoms with Crippen LogP contribution in [0, 0.1) is 0 Å². The van der Waals surface area contributed by atoms with Crippen molar-refractivity contribution in [1.82, 2.24) is 5.32 Å². The Balaban J connectivity index is 2.37. The van der Waals surface area contributed by atoms with Crippen LogP contribution in [0.2, 0.25) is 0 Å². The van der Waals surface area contributed by atoms with Gasteiger partial charge in [0.05, 0.1) is 13.1 Å². The molecule has 0 aliphatic carbocycles. The average Bonchev–Trinajstić information content (AvgIpc) is 2.16. The maximum Gasteiger partial charge on any atom is 0.317 e. The third-order valence-corrected chi connectivity index (χ3v) is 2.16. The largest absolute Gasteiger partial charge is 0.480 e. The van der Waals surface area contributed by atoms with Gasteiger partial charge in [-0.1, -0.05) is 22.0 Å². The Morgan fingerprint density at radius 2 is 2.06 bits per heavy atom. The third kappa shape index (κ3) is 4.90. The summed E-state index contributed by atoms with van der Waals surface area (Å²) < 4.78 is 0.865. The number of halogens is 1. The number of hydrogen-bond acceptors (Lipinski definition) is 3. The van der Waals surface area contributed by atoms with Gasteiger partial charge in [-0.25, -0.2) is 0 Å². The first-order valence-electron chi connectivity index (χ1n) is 4.56. The minimum atomic E-state index is -0.991. The third-order valence-electron chi connectivity index (χ3n) is 1.67. The molecule has 0 unspecified atom stereocenters. The second-order valence-electron chi connectivity index (χ2n) is 3.06. The summed E-state index contributed by atoms with van der Waals surface area (Å²) in [5, 5.41) is 13.5. The first-order chi connectivity index (χ1) is 7.58.